The van der Waals surface area contributed by atoms with Crippen molar-refractivity contribution in [3.63, 3.8) is 0 Å². The van der Waals surface area contributed by atoms with Crippen LogP contribution in [-0.4, -0.2) is 27.1 Å². The predicted molar refractivity (Wildman–Crippen MR) is 70.2 cm³/mol. The highest BCUT2D eigenvalue weighted by atomic mass is 127. The van der Waals surface area contributed by atoms with Gasteiger partial charge in [0.1, 0.15) is 0 Å². The van der Waals surface area contributed by atoms with E-state index in [4.69, 9.17) is 9.47 Å². The predicted octanol–water partition coefficient (Wildman–Crippen LogP) is 2.85. The minimum atomic E-state index is -0.119. The molecule has 0 aliphatic carbocycles. The van der Waals surface area contributed by atoms with Crippen molar-refractivity contribution in [3.8, 4) is 0 Å². The SMILES string of the molecule is COC(CCN(I)c1ccccc1)OC. The zero-order valence-corrected chi connectivity index (χ0v) is 11.2. The van der Waals surface area contributed by atoms with E-state index in [2.05, 4.69) is 38.1 Å². The Kier molecular flexibility index (Phi) is 5.97. The first-order valence-electron chi connectivity index (χ1n) is 4.82. The van der Waals surface area contributed by atoms with E-state index in [1.54, 1.807) is 14.2 Å². The quantitative estimate of drug-likeness (QED) is 0.457. The number of hydrogen-bond acceptors (Lipinski definition) is 3. The standard InChI is InChI=1S/C11H16INO2/c1-14-11(15-2)8-9-13(12)10-6-4-3-5-7-10/h3-7,11H,8-9H2,1-2H3. The van der Waals surface area contributed by atoms with Gasteiger partial charge in [0.25, 0.3) is 0 Å². The molecule has 1 rings (SSSR count). The first-order valence-corrected chi connectivity index (χ1v) is 5.78. The number of anilines is 1. The zero-order chi connectivity index (χ0) is 11.1. The van der Waals surface area contributed by atoms with Crippen LogP contribution in [-0.2, 0) is 9.47 Å². The van der Waals surface area contributed by atoms with E-state index in [0.29, 0.717) is 0 Å². The second-order valence-corrected chi connectivity index (χ2v) is 4.28. The van der Waals surface area contributed by atoms with Crippen LogP contribution in [0, 0.1) is 0 Å². The van der Waals surface area contributed by atoms with Crippen LogP contribution in [0.4, 0.5) is 5.69 Å². The van der Waals surface area contributed by atoms with Crippen LogP contribution in [0.2, 0.25) is 0 Å². The normalized spacial score (nSPS) is 10.7. The smallest absolute Gasteiger partial charge is 0.158 e. The molecule has 1 aromatic rings. The average Bonchev–Trinajstić information content (AvgIpc) is 2.31. The number of nitrogens with zero attached hydrogens (tertiary/aromatic N) is 1. The number of para-hydroxylation sites is 1. The third kappa shape index (κ3) is 4.36. The Labute approximate surface area is 105 Å². The van der Waals surface area contributed by atoms with E-state index in [9.17, 15) is 0 Å². The molecule has 0 atom stereocenters. The zero-order valence-electron chi connectivity index (χ0n) is 9.02. The molecule has 0 aromatic heterocycles. The number of methoxy groups -OCH3 is 2. The molecular weight excluding hydrogens is 305 g/mol. The van der Waals surface area contributed by atoms with E-state index in [0.717, 1.165) is 13.0 Å². The van der Waals surface area contributed by atoms with E-state index >= 15 is 0 Å². The van der Waals surface area contributed by atoms with Crippen LogP contribution in [0.25, 0.3) is 0 Å². The van der Waals surface area contributed by atoms with Gasteiger partial charge >= 0.3 is 0 Å². The van der Waals surface area contributed by atoms with Crippen molar-refractivity contribution in [1.29, 1.82) is 0 Å². The molecule has 0 aliphatic rings. The maximum Gasteiger partial charge on any atom is 0.158 e. The fraction of sp³-hybridized carbons (Fsp3) is 0.455. The summed E-state index contributed by atoms with van der Waals surface area (Å²) in [6, 6.07) is 10.2. The molecule has 0 saturated heterocycles. The van der Waals surface area contributed by atoms with Crippen LogP contribution < -0.4 is 3.11 Å². The van der Waals surface area contributed by atoms with Gasteiger partial charge in [0, 0.05) is 32.9 Å². The van der Waals surface area contributed by atoms with E-state index in [1.807, 2.05) is 18.2 Å². The van der Waals surface area contributed by atoms with Gasteiger partial charge in [-0.15, -0.1) is 0 Å². The Morgan fingerprint density at radius 2 is 1.80 bits per heavy atom. The van der Waals surface area contributed by atoms with Gasteiger partial charge < -0.3 is 12.6 Å². The number of ether oxygens (including phenoxy) is 2. The molecule has 0 spiro atoms. The monoisotopic (exact) mass is 321 g/mol. The van der Waals surface area contributed by atoms with Crippen molar-refractivity contribution in [2.45, 2.75) is 12.7 Å². The molecule has 0 aliphatic heterocycles. The van der Waals surface area contributed by atoms with Gasteiger partial charge in [-0.3, -0.25) is 0 Å². The molecule has 0 bridgehead atoms. The minimum Gasteiger partial charge on any atom is -0.356 e. The van der Waals surface area contributed by atoms with Crippen LogP contribution in [0.15, 0.2) is 30.3 Å². The Bertz CT molecular complexity index is 265. The molecule has 0 amide bonds. The van der Waals surface area contributed by atoms with Gasteiger partial charge in [-0.1, -0.05) is 18.2 Å². The molecule has 0 fully saturated rings. The van der Waals surface area contributed by atoms with Crippen LogP contribution in [0.5, 0.6) is 0 Å². The highest BCUT2D eigenvalue weighted by Crippen LogP contribution is 2.18. The van der Waals surface area contributed by atoms with Gasteiger partial charge in [0.05, 0.1) is 22.9 Å². The molecule has 0 unspecified atom stereocenters. The molecule has 0 saturated carbocycles. The molecular formula is C11H16INO2. The lowest BCUT2D eigenvalue weighted by Gasteiger charge is -2.19. The van der Waals surface area contributed by atoms with Gasteiger partial charge in [-0.05, 0) is 12.1 Å². The molecule has 84 valence electrons. The van der Waals surface area contributed by atoms with Crippen LogP contribution in [0.1, 0.15) is 6.42 Å². The molecule has 0 heterocycles. The Morgan fingerprint density at radius 1 is 1.20 bits per heavy atom. The summed E-state index contributed by atoms with van der Waals surface area (Å²) < 4.78 is 12.4. The van der Waals surface area contributed by atoms with Gasteiger partial charge in [0.2, 0.25) is 0 Å². The molecule has 4 heteroatoms. The topological polar surface area (TPSA) is 21.7 Å². The van der Waals surface area contributed by atoms with E-state index in [-0.39, 0.29) is 6.29 Å². The largest absolute Gasteiger partial charge is 0.356 e. The lowest BCUT2D eigenvalue weighted by atomic mass is 10.3. The summed E-state index contributed by atoms with van der Waals surface area (Å²) in [5, 5.41) is 0. The van der Waals surface area contributed by atoms with Crippen molar-refractivity contribution in [2.75, 3.05) is 23.9 Å². The maximum atomic E-state index is 5.13. The average molecular weight is 321 g/mol. The number of hydrogen-bond donors (Lipinski definition) is 0. The van der Waals surface area contributed by atoms with Crippen molar-refractivity contribution in [2.24, 2.45) is 0 Å². The van der Waals surface area contributed by atoms with E-state index < -0.39 is 0 Å². The van der Waals surface area contributed by atoms with Crippen LogP contribution in [0.3, 0.4) is 0 Å². The first kappa shape index (κ1) is 12.7. The minimum absolute atomic E-state index is 0.119. The number of benzene rings is 1. The molecule has 15 heavy (non-hydrogen) atoms. The summed E-state index contributed by atoms with van der Waals surface area (Å²) in [5.74, 6) is 0. The van der Waals surface area contributed by atoms with E-state index in [1.165, 1.54) is 5.69 Å². The Balaban J connectivity index is 2.39. The Morgan fingerprint density at radius 3 is 2.33 bits per heavy atom. The van der Waals surface area contributed by atoms with Gasteiger partial charge in [-0.2, -0.15) is 0 Å². The van der Waals surface area contributed by atoms with Crippen molar-refractivity contribution < 1.29 is 9.47 Å². The summed E-state index contributed by atoms with van der Waals surface area (Å²) >= 11 is 2.30. The fourth-order valence-electron chi connectivity index (χ4n) is 1.27. The molecule has 3 nitrogen and oxygen atoms in total. The number of rotatable bonds is 6. The second-order valence-electron chi connectivity index (χ2n) is 3.11. The maximum absolute atomic E-state index is 5.13. The third-order valence-corrected chi connectivity index (χ3v) is 3.16. The second kappa shape index (κ2) is 7.03. The third-order valence-electron chi connectivity index (χ3n) is 2.12. The molecule has 0 N–H and O–H groups in total. The lowest BCUT2D eigenvalue weighted by molar-refractivity contribution is -0.104. The fourth-order valence-corrected chi connectivity index (χ4v) is 1.87. The molecule has 0 radical (unpaired) electrons. The van der Waals surface area contributed by atoms with Crippen molar-refractivity contribution in [1.82, 2.24) is 0 Å². The summed E-state index contributed by atoms with van der Waals surface area (Å²) in [5.41, 5.74) is 1.20. The highest BCUT2D eigenvalue weighted by Gasteiger charge is 2.08. The van der Waals surface area contributed by atoms with Gasteiger partial charge in [0.15, 0.2) is 6.29 Å². The highest BCUT2D eigenvalue weighted by molar-refractivity contribution is 14.1. The number of halogens is 1. The summed E-state index contributed by atoms with van der Waals surface area (Å²) in [7, 11) is 3.32. The van der Waals surface area contributed by atoms with Gasteiger partial charge in [-0.25, -0.2) is 0 Å². The van der Waals surface area contributed by atoms with Crippen molar-refractivity contribution in [3.05, 3.63) is 30.3 Å². The summed E-state index contributed by atoms with van der Waals surface area (Å²) in [6.45, 7) is 0.900. The summed E-state index contributed by atoms with van der Waals surface area (Å²) in [4.78, 5) is 0. The van der Waals surface area contributed by atoms with Crippen LogP contribution >= 0.6 is 22.9 Å². The first-order chi connectivity index (χ1) is 7.27. The lowest BCUT2D eigenvalue weighted by Crippen LogP contribution is -2.21. The Hall–Kier alpha value is -0.330. The summed E-state index contributed by atoms with van der Waals surface area (Å²) in [6.07, 6.45) is 0.733. The molecule has 1 aromatic carbocycles. The van der Waals surface area contributed by atoms with Crippen molar-refractivity contribution >= 4 is 28.6 Å².